The summed E-state index contributed by atoms with van der Waals surface area (Å²) in [5.41, 5.74) is 12.8. The minimum atomic E-state index is -2.12. The maximum absolute atomic E-state index is 5.56. The van der Waals surface area contributed by atoms with E-state index in [1.807, 2.05) is 11.3 Å². The Kier molecular flexibility index (Phi) is 7.17. The van der Waals surface area contributed by atoms with Gasteiger partial charge in [-0.25, -0.2) is 9.97 Å². The van der Waals surface area contributed by atoms with Gasteiger partial charge in [0.1, 0.15) is 8.07 Å². The van der Waals surface area contributed by atoms with Crippen molar-refractivity contribution >= 4 is 50.0 Å². The second-order valence-corrected chi connectivity index (χ2v) is 19.5. The maximum atomic E-state index is 5.56. The second kappa shape index (κ2) is 12.1. The number of rotatable bonds is 5. The molecule has 0 aliphatic carbocycles. The van der Waals surface area contributed by atoms with Gasteiger partial charge >= 0.3 is 0 Å². The van der Waals surface area contributed by atoms with Gasteiger partial charge in [-0.1, -0.05) is 159 Å². The molecular weight excluding hydrogens is 665 g/mol. The molecular formula is C48H34N2SSi. The highest BCUT2D eigenvalue weighted by molar-refractivity contribution is 7.25. The molecule has 1 aliphatic heterocycles. The van der Waals surface area contributed by atoms with E-state index in [9.17, 15) is 0 Å². The number of fused-ring (bicyclic) bond motifs is 6. The first kappa shape index (κ1) is 30.8. The van der Waals surface area contributed by atoms with E-state index in [0.29, 0.717) is 0 Å². The number of hydrogen-bond acceptors (Lipinski definition) is 3. The molecule has 246 valence electrons. The van der Waals surface area contributed by atoms with E-state index in [-0.39, 0.29) is 0 Å². The summed E-state index contributed by atoms with van der Waals surface area (Å²) in [6.45, 7) is 4.90. The van der Waals surface area contributed by atoms with Crippen LogP contribution in [0, 0.1) is 0 Å². The zero-order chi connectivity index (χ0) is 34.8. The Bertz CT molecular complexity index is 2820. The van der Waals surface area contributed by atoms with Crippen molar-refractivity contribution in [3.05, 3.63) is 170 Å². The molecule has 1 aliphatic rings. The van der Waals surface area contributed by atoms with Gasteiger partial charge in [0.15, 0.2) is 5.82 Å². The van der Waals surface area contributed by atoms with Gasteiger partial charge in [0.2, 0.25) is 0 Å². The Labute approximate surface area is 308 Å². The van der Waals surface area contributed by atoms with Crippen LogP contribution in [0.15, 0.2) is 170 Å². The molecule has 2 nitrogen and oxygen atoms in total. The third-order valence-electron chi connectivity index (χ3n) is 10.7. The Hall–Kier alpha value is -5.94. The number of benzene rings is 7. The molecule has 9 aromatic rings. The van der Waals surface area contributed by atoms with E-state index >= 15 is 0 Å². The van der Waals surface area contributed by atoms with Crippen molar-refractivity contribution in [1.29, 1.82) is 0 Å². The molecule has 3 heterocycles. The van der Waals surface area contributed by atoms with Crippen molar-refractivity contribution in [2.24, 2.45) is 0 Å². The zero-order valence-corrected chi connectivity index (χ0v) is 30.8. The van der Waals surface area contributed by atoms with Crippen molar-refractivity contribution in [2.45, 2.75) is 13.1 Å². The summed E-state index contributed by atoms with van der Waals surface area (Å²) in [6.07, 6.45) is 0. The predicted molar refractivity (Wildman–Crippen MR) is 224 cm³/mol. The van der Waals surface area contributed by atoms with Crippen molar-refractivity contribution in [2.75, 3.05) is 0 Å². The molecule has 2 aromatic heterocycles. The first-order chi connectivity index (χ1) is 25.5. The minimum absolute atomic E-state index is 0.788. The Morgan fingerprint density at radius 2 is 0.942 bits per heavy atom. The van der Waals surface area contributed by atoms with Crippen LogP contribution in [-0.2, 0) is 0 Å². The largest absolute Gasteiger partial charge is 0.228 e. The van der Waals surface area contributed by atoms with Gasteiger partial charge in [-0.2, -0.15) is 0 Å². The van der Waals surface area contributed by atoms with E-state index in [0.717, 1.165) is 28.3 Å². The summed E-state index contributed by atoms with van der Waals surface area (Å²) in [6, 6.07) is 61.5. The summed E-state index contributed by atoms with van der Waals surface area (Å²) in [7, 11) is -2.12. The van der Waals surface area contributed by atoms with Crippen LogP contribution in [0.2, 0.25) is 13.1 Å². The van der Waals surface area contributed by atoms with Crippen LogP contribution in [0.25, 0.3) is 87.5 Å². The van der Waals surface area contributed by atoms with Gasteiger partial charge in [-0.05, 0) is 73.6 Å². The van der Waals surface area contributed by atoms with Gasteiger partial charge in [-0.15, -0.1) is 11.3 Å². The third-order valence-corrected chi connectivity index (χ3v) is 15.3. The average Bonchev–Trinajstić information content (AvgIpc) is 3.70. The fraction of sp³-hybridized carbons (Fsp3) is 0.0417. The summed E-state index contributed by atoms with van der Waals surface area (Å²) < 4.78 is 2.54. The SMILES string of the molecule is C[Si]1(C)c2ccccc2-c2nc(-c3cccc4sc5ccccc5c34)nc(-c3cccc(-c4cccc(-c5ccc(-c6ccccc6)cc5)c4)c3)c21. The highest BCUT2D eigenvalue weighted by Gasteiger charge is 2.41. The van der Waals surface area contributed by atoms with Crippen LogP contribution in [-0.4, -0.2) is 18.0 Å². The van der Waals surface area contributed by atoms with Crippen molar-refractivity contribution in [3.8, 4) is 67.3 Å². The molecule has 0 saturated heterocycles. The lowest BCUT2D eigenvalue weighted by molar-refractivity contribution is 1.21. The van der Waals surface area contributed by atoms with E-state index in [1.165, 1.54) is 69.5 Å². The molecule has 4 heteroatoms. The molecule has 0 spiro atoms. The lowest BCUT2D eigenvalue weighted by atomic mass is 9.96. The molecule has 0 saturated carbocycles. The van der Waals surface area contributed by atoms with Crippen LogP contribution < -0.4 is 10.4 Å². The van der Waals surface area contributed by atoms with Crippen LogP contribution in [0.4, 0.5) is 0 Å². The van der Waals surface area contributed by atoms with Crippen LogP contribution in [0.3, 0.4) is 0 Å². The average molecular weight is 699 g/mol. The minimum Gasteiger partial charge on any atom is -0.228 e. The molecule has 0 bridgehead atoms. The van der Waals surface area contributed by atoms with Crippen LogP contribution in [0.1, 0.15) is 0 Å². The molecule has 0 radical (unpaired) electrons. The molecule has 7 aromatic carbocycles. The van der Waals surface area contributed by atoms with Gasteiger partial charge in [0, 0.05) is 31.3 Å². The number of thiophene rings is 1. The van der Waals surface area contributed by atoms with Crippen molar-refractivity contribution in [1.82, 2.24) is 9.97 Å². The number of aromatic nitrogens is 2. The number of hydrogen-bond donors (Lipinski definition) is 0. The fourth-order valence-corrected chi connectivity index (χ4v) is 12.5. The topological polar surface area (TPSA) is 25.8 Å². The lowest BCUT2D eigenvalue weighted by Gasteiger charge is -2.22. The van der Waals surface area contributed by atoms with Crippen LogP contribution >= 0.6 is 11.3 Å². The molecule has 0 unspecified atom stereocenters. The van der Waals surface area contributed by atoms with Gasteiger partial charge in [0.05, 0.1) is 11.4 Å². The van der Waals surface area contributed by atoms with E-state index in [4.69, 9.17) is 9.97 Å². The Balaban J connectivity index is 1.12. The zero-order valence-electron chi connectivity index (χ0n) is 29.0. The smallest absolute Gasteiger partial charge is 0.161 e. The van der Waals surface area contributed by atoms with Crippen molar-refractivity contribution < 1.29 is 0 Å². The monoisotopic (exact) mass is 698 g/mol. The molecule has 10 rings (SSSR count). The lowest BCUT2D eigenvalue weighted by Crippen LogP contribution is -2.50. The second-order valence-electron chi connectivity index (χ2n) is 14.2. The summed E-state index contributed by atoms with van der Waals surface area (Å²) in [5, 5.41) is 5.25. The normalized spacial score (nSPS) is 13.0. The molecule has 52 heavy (non-hydrogen) atoms. The Morgan fingerprint density at radius 3 is 1.73 bits per heavy atom. The van der Waals surface area contributed by atoms with Crippen molar-refractivity contribution in [3.63, 3.8) is 0 Å². The van der Waals surface area contributed by atoms with Crippen LogP contribution in [0.5, 0.6) is 0 Å². The Morgan fingerprint density at radius 1 is 0.423 bits per heavy atom. The van der Waals surface area contributed by atoms with E-state index < -0.39 is 8.07 Å². The standard InChI is InChI=1S/C48H34N2SSi/c1-52(2)43-24-9-7-20-39(43)46-47(52)45(49-48(50-46)40-21-12-23-42-44(40)38-19-6-8-22-41(38)51-42)37-18-11-17-36(30-37)35-16-10-15-34(29-35)33-27-25-32(26-28-33)31-13-4-3-5-14-31/h3-30H,1-2H3. The first-order valence-electron chi connectivity index (χ1n) is 17.8. The fourth-order valence-electron chi connectivity index (χ4n) is 8.12. The third kappa shape index (κ3) is 4.98. The van der Waals surface area contributed by atoms with E-state index in [1.54, 1.807) is 0 Å². The molecule has 0 amide bonds. The quantitative estimate of drug-likeness (QED) is 0.167. The summed E-state index contributed by atoms with van der Waals surface area (Å²) in [4.78, 5) is 11.0. The first-order valence-corrected chi connectivity index (χ1v) is 21.6. The summed E-state index contributed by atoms with van der Waals surface area (Å²) in [5.74, 6) is 0.788. The number of nitrogens with zero attached hydrogens (tertiary/aromatic N) is 2. The predicted octanol–water partition coefficient (Wildman–Crippen LogP) is 12.0. The van der Waals surface area contributed by atoms with Gasteiger partial charge in [-0.3, -0.25) is 0 Å². The van der Waals surface area contributed by atoms with Gasteiger partial charge < -0.3 is 0 Å². The maximum Gasteiger partial charge on any atom is 0.161 e. The summed E-state index contributed by atoms with van der Waals surface area (Å²) >= 11 is 1.83. The highest BCUT2D eigenvalue weighted by Crippen LogP contribution is 2.41. The molecule has 0 N–H and O–H groups in total. The van der Waals surface area contributed by atoms with E-state index in [2.05, 4.69) is 183 Å². The molecule has 0 fully saturated rings. The molecule has 0 atom stereocenters. The van der Waals surface area contributed by atoms with Gasteiger partial charge in [0.25, 0.3) is 0 Å². The highest BCUT2D eigenvalue weighted by atomic mass is 32.1.